The van der Waals surface area contributed by atoms with Gasteiger partial charge in [-0.05, 0) is 43.2 Å². The fraction of sp³-hybridized carbons (Fsp3) is 0.333. The van der Waals surface area contributed by atoms with E-state index < -0.39 is 15.8 Å². The zero-order valence-electron chi connectivity index (χ0n) is 14.7. The highest BCUT2D eigenvalue weighted by Gasteiger charge is 2.16. The lowest BCUT2D eigenvalue weighted by atomic mass is 10.1. The molecule has 0 amide bonds. The van der Waals surface area contributed by atoms with Gasteiger partial charge in [0.05, 0.1) is 7.11 Å². The third-order valence-corrected chi connectivity index (χ3v) is 4.70. The van der Waals surface area contributed by atoms with Gasteiger partial charge in [-0.1, -0.05) is 18.2 Å². The zero-order valence-corrected chi connectivity index (χ0v) is 15.6. The van der Waals surface area contributed by atoms with Crippen molar-refractivity contribution in [2.24, 2.45) is 5.14 Å². The fourth-order valence-corrected chi connectivity index (χ4v) is 3.27. The van der Waals surface area contributed by atoms with Gasteiger partial charge in [-0.3, -0.25) is 0 Å². The average molecular weight is 382 g/mol. The van der Waals surface area contributed by atoms with Gasteiger partial charge in [-0.2, -0.15) is 0 Å². The van der Waals surface area contributed by atoms with Crippen LogP contribution in [-0.4, -0.2) is 34.7 Å². The molecular weight excluding hydrogens is 359 g/mol. The van der Waals surface area contributed by atoms with Crippen LogP contribution in [0.4, 0.5) is 4.39 Å². The fourth-order valence-electron chi connectivity index (χ4n) is 2.52. The number of nitrogens with two attached hydrogens (primary N) is 1. The van der Waals surface area contributed by atoms with Crippen LogP contribution in [0.15, 0.2) is 47.4 Å². The number of sulfonamides is 1. The summed E-state index contributed by atoms with van der Waals surface area (Å²) >= 11 is 0. The van der Waals surface area contributed by atoms with Crippen LogP contribution < -0.4 is 19.9 Å². The van der Waals surface area contributed by atoms with Crippen LogP contribution in [0.5, 0.6) is 11.5 Å². The SMILES string of the molecule is COc1ccc(C[C@@H](C)NCCOc2ccccc2F)cc1S(N)(=O)=O. The molecule has 3 N–H and O–H groups in total. The highest BCUT2D eigenvalue weighted by molar-refractivity contribution is 7.89. The van der Waals surface area contributed by atoms with E-state index in [2.05, 4.69) is 5.32 Å². The molecule has 8 heteroatoms. The number of para-hydroxylation sites is 1. The number of hydrogen-bond acceptors (Lipinski definition) is 5. The van der Waals surface area contributed by atoms with Crippen molar-refractivity contribution < 1.29 is 22.3 Å². The largest absolute Gasteiger partial charge is 0.495 e. The second-order valence-electron chi connectivity index (χ2n) is 5.87. The van der Waals surface area contributed by atoms with Gasteiger partial charge >= 0.3 is 0 Å². The van der Waals surface area contributed by atoms with Crippen molar-refractivity contribution >= 4 is 10.0 Å². The molecule has 0 aliphatic rings. The van der Waals surface area contributed by atoms with Crippen molar-refractivity contribution in [3.8, 4) is 11.5 Å². The summed E-state index contributed by atoms with van der Waals surface area (Å²) in [7, 11) is -2.47. The Morgan fingerprint density at radius 1 is 1.19 bits per heavy atom. The van der Waals surface area contributed by atoms with E-state index in [0.29, 0.717) is 19.6 Å². The van der Waals surface area contributed by atoms with Crippen molar-refractivity contribution in [1.29, 1.82) is 0 Å². The highest BCUT2D eigenvalue weighted by atomic mass is 32.2. The molecule has 0 spiro atoms. The molecule has 0 aliphatic carbocycles. The standard InChI is InChI=1S/C18H23FN2O4S/c1-13(21-9-10-25-16-6-4-3-5-15(16)19)11-14-7-8-17(24-2)18(12-14)26(20,22)23/h3-8,12-13,21H,9-11H2,1-2H3,(H2,20,22,23)/t13-/m1/s1. The quantitative estimate of drug-likeness (QED) is 0.648. The highest BCUT2D eigenvalue weighted by Crippen LogP contribution is 2.24. The third-order valence-electron chi connectivity index (χ3n) is 3.77. The molecule has 6 nitrogen and oxygen atoms in total. The van der Waals surface area contributed by atoms with Gasteiger partial charge in [0, 0.05) is 12.6 Å². The maximum absolute atomic E-state index is 13.4. The minimum atomic E-state index is -3.86. The summed E-state index contributed by atoms with van der Waals surface area (Å²) in [6.07, 6.45) is 0.589. The van der Waals surface area contributed by atoms with E-state index in [1.807, 2.05) is 6.92 Å². The Morgan fingerprint density at radius 2 is 1.92 bits per heavy atom. The van der Waals surface area contributed by atoms with Crippen LogP contribution in [0.1, 0.15) is 12.5 Å². The molecule has 26 heavy (non-hydrogen) atoms. The molecule has 0 saturated heterocycles. The van der Waals surface area contributed by atoms with Crippen LogP contribution in [0.3, 0.4) is 0 Å². The minimum absolute atomic E-state index is 0.0346. The van der Waals surface area contributed by atoms with Crippen molar-refractivity contribution in [2.45, 2.75) is 24.3 Å². The van der Waals surface area contributed by atoms with Crippen LogP contribution in [0, 0.1) is 5.82 Å². The second-order valence-corrected chi connectivity index (χ2v) is 7.40. The van der Waals surface area contributed by atoms with Gasteiger partial charge in [0.1, 0.15) is 17.3 Å². The van der Waals surface area contributed by atoms with Crippen LogP contribution in [0.2, 0.25) is 0 Å². The first-order chi connectivity index (χ1) is 12.3. The molecule has 2 aromatic rings. The number of benzene rings is 2. The van der Waals surface area contributed by atoms with Crippen LogP contribution in [-0.2, 0) is 16.4 Å². The number of rotatable bonds is 9. The summed E-state index contributed by atoms with van der Waals surface area (Å²) in [4.78, 5) is -0.0346. The molecule has 0 aromatic heterocycles. The summed E-state index contributed by atoms with van der Waals surface area (Å²) in [5.41, 5.74) is 0.810. The predicted molar refractivity (Wildman–Crippen MR) is 97.4 cm³/mol. The maximum Gasteiger partial charge on any atom is 0.241 e. The molecule has 0 unspecified atom stereocenters. The van der Waals surface area contributed by atoms with E-state index in [1.165, 1.54) is 19.2 Å². The molecule has 142 valence electrons. The third kappa shape index (κ3) is 5.69. The zero-order chi connectivity index (χ0) is 19.2. The average Bonchev–Trinajstić information content (AvgIpc) is 2.59. The molecule has 0 saturated carbocycles. The molecule has 0 aliphatic heterocycles. The lowest BCUT2D eigenvalue weighted by molar-refractivity contribution is 0.292. The molecule has 1 atom stereocenters. The molecule has 0 radical (unpaired) electrons. The number of ether oxygens (including phenoxy) is 2. The minimum Gasteiger partial charge on any atom is -0.495 e. The summed E-state index contributed by atoms with van der Waals surface area (Å²) in [6.45, 7) is 2.80. The molecular formula is C18H23FN2O4S. The van der Waals surface area contributed by atoms with E-state index in [0.717, 1.165) is 5.56 Å². The smallest absolute Gasteiger partial charge is 0.241 e. The first-order valence-corrected chi connectivity index (χ1v) is 9.66. The maximum atomic E-state index is 13.4. The Kier molecular flexibility index (Phi) is 6.96. The molecule has 0 fully saturated rings. The van der Waals surface area contributed by atoms with Crippen molar-refractivity contribution in [3.63, 3.8) is 0 Å². The first-order valence-electron chi connectivity index (χ1n) is 8.11. The van der Waals surface area contributed by atoms with E-state index in [4.69, 9.17) is 14.6 Å². The number of primary sulfonamides is 1. The Hall–Kier alpha value is -2.16. The first kappa shape index (κ1) is 20.2. The summed E-state index contributed by atoms with van der Waals surface area (Å²) in [5.74, 6) is 0.0411. The van der Waals surface area contributed by atoms with Gasteiger partial charge in [-0.25, -0.2) is 17.9 Å². The molecule has 2 aromatic carbocycles. The Bertz CT molecular complexity index is 843. The Morgan fingerprint density at radius 3 is 2.58 bits per heavy atom. The lowest BCUT2D eigenvalue weighted by Crippen LogP contribution is -2.32. The van der Waals surface area contributed by atoms with Gasteiger partial charge < -0.3 is 14.8 Å². The Balaban J connectivity index is 1.88. The van der Waals surface area contributed by atoms with E-state index >= 15 is 0 Å². The number of hydrogen-bond donors (Lipinski definition) is 2. The monoisotopic (exact) mass is 382 g/mol. The van der Waals surface area contributed by atoms with Crippen molar-refractivity contribution in [3.05, 3.63) is 53.8 Å². The van der Waals surface area contributed by atoms with E-state index in [-0.39, 0.29) is 22.4 Å². The molecule has 0 bridgehead atoms. The second kappa shape index (κ2) is 8.98. The normalized spacial score (nSPS) is 12.6. The van der Waals surface area contributed by atoms with Crippen LogP contribution >= 0.6 is 0 Å². The summed E-state index contributed by atoms with van der Waals surface area (Å²) < 4.78 is 47.2. The van der Waals surface area contributed by atoms with E-state index in [9.17, 15) is 12.8 Å². The number of methoxy groups -OCH3 is 1. The van der Waals surface area contributed by atoms with Crippen molar-refractivity contribution in [2.75, 3.05) is 20.3 Å². The predicted octanol–water partition coefficient (Wildman–Crippen LogP) is 2.08. The van der Waals surface area contributed by atoms with Gasteiger partial charge in [0.25, 0.3) is 0 Å². The lowest BCUT2D eigenvalue weighted by Gasteiger charge is -2.16. The summed E-state index contributed by atoms with van der Waals surface area (Å²) in [6, 6.07) is 11.2. The van der Waals surface area contributed by atoms with Gasteiger partial charge in [0.15, 0.2) is 11.6 Å². The molecule has 2 rings (SSSR count). The molecule has 0 heterocycles. The van der Waals surface area contributed by atoms with Crippen LogP contribution in [0.25, 0.3) is 0 Å². The van der Waals surface area contributed by atoms with Crippen molar-refractivity contribution in [1.82, 2.24) is 5.32 Å². The Labute approximate surface area is 153 Å². The summed E-state index contributed by atoms with van der Waals surface area (Å²) in [5, 5.41) is 8.48. The van der Waals surface area contributed by atoms with E-state index in [1.54, 1.807) is 30.3 Å². The number of halogens is 1. The van der Waals surface area contributed by atoms with Gasteiger partial charge in [-0.15, -0.1) is 0 Å². The number of nitrogens with one attached hydrogen (secondary N) is 1. The van der Waals surface area contributed by atoms with Gasteiger partial charge in [0.2, 0.25) is 10.0 Å². The topological polar surface area (TPSA) is 90.7 Å².